The lowest BCUT2D eigenvalue weighted by molar-refractivity contribution is -0.158. The second kappa shape index (κ2) is 8.57. The maximum atomic E-state index is 12.6. The van der Waals surface area contributed by atoms with Gasteiger partial charge in [0.1, 0.15) is 14.7 Å². The molecule has 1 saturated carbocycles. The van der Waals surface area contributed by atoms with Gasteiger partial charge in [-0.3, -0.25) is 9.59 Å². The number of nitrogens with one attached hydrogen (secondary N) is 1. The number of carbonyl (C=O) groups is 3. The normalized spacial score (nSPS) is 20.2. The molecule has 160 valence electrons. The predicted octanol–water partition coefficient (Wildman–Crippen LogP) is 5.05. The Morgan fingerprint density at radius 2 is 1.87 bits per heavy atom. The van der Waals surface area contributed by atoms with Gasteiger partial charge in [0.05, 0.1) is 12.2 Å². The van der Waals surface area contributed by atoms with Gasteiger partial charge in [-0.15, -0.1) is 34.5 Å². The summed E-state index contributed by atoms with van der Waals surface area (Å²) in [6.45, 7) is 4.94. The van der Waals surface area contributed by atoms with Crippen LogP contribution in [0, 0.1) is 5.41 Å². The van der Waals surface area contributed by atoms with Crippen LogP contribution in [0.15, 0.2) is 36.4 Å². The molecule has 2 atom stereocenters. The van der Waals surface area contributed by atoms with E-state index in [0.29, 0.717) is 5.00 Å². The van der Waals surface area contributed by atoms with Gasteiger partial charge in [-0.25, -0.2) is 4.79 Å². The Bertz CT molecular complexity index is 975. The molecule has 6 nitrogen and oxygen atoms in total. The van der Waals surface area contributed by atoms with Gasteiger partial charge in [-0.1, -0.05) is 30.3 Å². The van der Waals surface area contributed by atoms with E-state index in [1.807, 2.05) is 30.3 Å². The predicted molar refractivity (Wildman–Crippen MR) is 117 cm³/mol. The van der Waals surface area contributed by atoms with Crippen LogP contribution in [0.1, 0.15) is 37.6 Å². The summed E-state index contributed by atoms with van der Waals surface area (Å²) in [6.07, 6.45) is -0.842. The molecule has 3 rings (SSSR count). The molecule has 1 aromatic heterocycles. The number of ether oxygens (including phenoxy) is 2. The SMILES string of the molecule is CCOC(=O)c1cc(-c2ccccc2)sc1NC(=O)C(C)OC(=O)C1(C)CC1(Cl)Cl. The van der Waals surface area contributed by atoms with Crippen molar-refractivity contribution in [1.29, 1.82) is 0 Å². The third-order valence-corrected chi connectivity index (χ3v) is 7.08. The Morgan fingerprint density at radius 3 is 2.43 bits per heavy atom. The fourth-order valence-electron chi connectivity index (χ4n) is 2.77. The van der Waals surface area contributed by atoms with E-state index in [1.165, 1.54) is 18.3 Å². The summed E-state index contributed by atoms with van der Waals surface area (Å²) in [5.74, 6) is -1.76. The van der Waals surface area contributed by atoms with Crippen LogP contribution in [-0.4, -0.2) is 34.9 Å². The van der Waals surface area contributed by atoms with E-state index in [2.05, 4.69) is 5.32 Å². The molecule has 1 amide bonds. The van der Waals surface area contributed by atoms with Crippen molar-refractivity contribution in [3.63, 3.8) is 0 Å². The van der Waals surface area contributed by atoms with E-state index in [0.717, 1.165) is 10.4 Å². The van der Waals surface area contributed by atoms with Crippen LogP contribution in [0.25, 0.3) is 10.4 Å². The number of rotatable bonds is 7. The first-order valence-corrected chi connectivity index (χ1v) is 10.9. The van der Waals surface area contributed by atoms with E-state index in [4.69, 9.17) is 32.7 Å². The zero-order valence-corrected chi connectivity index (χ0v) is 19.0. The molecule has 1 aliphatic carbocycles. The van der Waals surface area contributed by atoms with Gasteiger partial charge in [0.15, 0.2) is 6.10 Å². The highest BCUT2D eigenvalue weighted by atomic mass is 35.5. The van der Waals surface area contributed by atoms with Crippen molar-refractivity contribution in [3.05, 3.63) is 42.0 Å². The lowest BCUT2D eigenvalue weighted by Gasteiger charge is -2.17. The first-order chi connectivity index (χ1) is 14.1. The smallest absolute Gasteiger partial charge is 0.341 e. The average molecular weight is 470 g/mol. The Morgan fingerprint density at radius 1 is 1.23 bits per heavy atom. The van der Waals surface area contributed by atoms with Crippen molar-refractivity contribution in [2.45, 2.75) is 37.6 Å². The van der Waals surface area contributed by atoms with Crippen molar-refractivity contribution >= 4 is 57.4 Å². The Hall–Kier alpha value is -2.09. The summed E-state index contributed by atoms with van der Waals surface area (Å²) >= 11 is 13.2. The van der Waals surface area contributed by atoms with Gasteiger partial charge in [0, 0.05) is 11.3 Å². The van der Waals surface area contributed by atoms with Gasteiger partial charge in [-0.05, 0) is 32.4 Å². The van der Waals surface area contributed by atoms with E-state index in [-0.39, 0.29) is 18.6 Å². The first kappa shape index (κ1) is 22.6. The summed E-state index contributed by atoms with van der Waals surface area (Å²) in [7, 11) is 0. The quantitative estimate of drug-likeness (QED) is 0.453. The second-order valence-electron chi connectivity index (χ2n) is 7.19. The lowest BCUT2D eigenvalue weighted by atomic mass is 10.1. The molecule has 1 heterocycles. The topological polar surface area (TPSA) is 81.7 Å². The molecule has 2 aromatic rings. The van der Waals surface area contributed by atoms with E-state index in [9.17, 15) is 14.4 Å². The Labute approximate surface area is 188 Å². The molecule has 1 N–H and O–H groups in total. The molecule has 0 spiro atoms. The number of halogens is 2. The number of amides is 1. The van der Waals surface area contributed by atoms with Crippen LogP contribution < -0.4 is 5.32 Å². The maximum Gasteiger partial charge on any atom is 0.341 e. The standard InChI is InChI=1S/C21H21Cl2NO5S/c1-4-28-18(26)14-10-15(13-8-6-5-7-9-13)30-17(14)24-16(25)12(2)29-19(27)20(3)11-21(20,22)23/h5-10,12H,4,11H2,1-3H3,(H,24,25). The van der Waals surface area contributed by atoms with Gasteiger partial charge in [0.2, 0.25) is 0 Å². The summed E-state index contributed by atoms with van der Waals surface area (Å²) in [6, 6.07) is 11.1. The zero-order valence-electron chi connectivity index (χ0n) is 16.7. The molecule has 2 unspecified atom stereocenters. The van der Waals surface area contributed by atoms with Gasteiger partial charge in [-0.2, -0.15) is 0 Å². The minimum Gasteiger partial charge on any atom is -0.462 e. The molecule has 1 aromatic carbocycles. The zero-order chi connectivity index (χ0) is 22.1. The summed E-state index contributed by atoms with van der Waals surface area (Å²) in [5.41, 5.74) is 0.0990. The fraction of sp³-hybridized carbons (Fsp3) is 0.381. The van der Waals surface area contributed by atoms with Crippen molar-refractivity contribution in [3.8, 4) is 10.4 Å². The minimum atomic E-state index is -1.18. The molecule has 0 radical (unpaired) electrons. The van der Waals surface area contributed by atoms with Gasteiger partial charge in [0.25, 0.3) is 5.91 Å². The lowest BCUT2D eigenvalue weighted by Crippen LogP contribution is -2.33. The molecule has 0 saturated heterocycles. The number of esters is 2. The van der Waals surface area contributed by atoms with Crippen molar-refractivity contribution in [2.75, 3.05) is 11.9 Å². The molecule has 30 heavy (non-hydrogen) atoms. The molecule has 1 fully saturated rings. The van der Waals surface area contributed by atoms with Crippen molar-refractivity contribution in [1.82, 2.24) is 0 Å². The van der Waals surface area contributed by atoms with Crippen LogP contribution in [-0.2, 0) is 19.1 Å². The Balaban J connectivity index is 1.77. The Kier molecular flexibility index (Phi) is 6.45. The maximum absolute atomic E-state index is 12.6. The van der Waals surface area contributed by atoms with Gasteiger partial charge < -0.3 is 14.8 Å². The highest BCUT2D eigenvalue weighted by molar-refractivity contribution is 7.20. The minimum absolute atomic E-state index is 0.202. The number of benzene rings is 1. The van der Waals surface area contributed by atoms with Crippen LogP contribution in [0.3, 0.4) is 0 Å². The number of alkyl halides is 2. The highest BCUT2D eigenvalue weighted by Crippen LogP contribution is 2.64. The first-order valence-electron chi connectivity index (χ1n) is 9.35. The molecule has 9 heteroatoms. The van der Waals surface area contributed by atoms with E-state index < -0.39 is 33.7 Å². The number of hydrogen-bond acceptors (Lipinski definition) is 6. The third-order valence-electron chi connectivity index (χ3n) is 4.88. The summed E-state index contributed by atoms with van der Waals surface area (Å²) in [5, 5.41) is 2.99. The summed E-state index contributed by atoms with van der Waals surface area (Å²) < 4.78 is 9.17. The van der Waals surface area contributed by atoms with Crippen LogP contribution in [0.4, 0.5) is 5.00 Å². The van der Waals surface area contributed by atoms with Crippen LogP contribution >= 0.6 is 34.5 Å². The molecule has 0 bridgehead atoms. The van der Waals surface area contributed by atoms with Gasteiger partial charge >= 0.3 is 11.9 Å². The van der Waals surface area contributed by atoms with Crippen molar-refractivity contribution in [2.24, 2.45) is 5.41 Å². The van der Waals surface area contributed by atoms with E-state index >= 15 is 0 Å². The highest BCUT2D eigenvalue weighted by Gasteiger charge is 2.69. The second-order valence-corrected chi connectivity index (χ2v) is 9.73. The fourth-order valence-corrected chi connectivity index (χ4v) is 4.51. The number of carbonyl (C=O) groups excluding carboxylic acids is 3. The van der Waals surface area contributed by atoms with Crippen molar-refractivity contribution < 1.29 is 23.9 Å². The average Bonchev–Trinajstić information content (AvgIpc) is 3.02. The van der Waals surface area contributed by atoms with Crippen LogP contribution in [0.2, 0.25) is 0 Å². The molecule has 1 aliphatic rings. The molecule has 0 aliphatic heterocycles. The number of anilines is 1. The summed E-state index contributed by atoms with van der Waals surface area (Å²) in [4.78, 5) is 38.1. The van der Waals surface area contributed by atoms with E-state index in [1.54, 1.807) is 19.9 Å². The third kappa shape index (κ3) is 4.48. The molecular weight excluding hydrogens is 449 g/mol. The monoisotopic (exact) mass is 469 g/mol. The number of hydrogen-bond donors (Lipinski definition) is 1. The van der Waals surface area contributed by atoms with Crippen LogP contribution in [0.5, 0.6) is 0 Å². The number of thiophene rings is 1. The molecular formula is C21H21Cl2NO5S. The largest absolute Gasteiger partial charge is 0.462 e.